The van der Waals surface area contributed by atoms with E-state index in [2.05, 4.69) is 10.6 Å². The number of anilines is 1. The summed E-state index contributed by atoms with van der Waals surface area (Å²) in [6.07, 6.45) is 5.75. The van der Waals surface area contributed by atoms with E-state index in [1.165, 1.54) is 6.07 Å². The van der Waals surface area contributed by atoms with Gasteiger partial charge in [0.2, 0.25) is 10.0 Å². The van der Waals surface area contributed by atoms with E-state index in [-0.39, 0.29) is 10.6 Å². The van der Waals surface area contributed by atoms with Gasteiger partial charge in [-0.3, -0.25) is 0 Å². The van der Waals surface area contributed by atoms with Crippen LogP contribution >= 0.6 is 0 Å². The molecule has 0 spiro atoms. The standard InChI is InChI=1S/C12H16N2O2S/c1-4-10(5-2)14-17(15,16)12-7-6-9(3)8-11(12)13/h1,6-8,10,14H,5,13H2,2-3H3. The van der Waals surface area contributed by atoms with Crippen LogP contribution in [-0.4, -0.2) is 14.5 Å². The van der Waals surface area contributed by atoms with Gasteiger partial charge in [-0.05, 0) is 31.0 Å². The van der Waals surface area contributed by atoms with Crippen LogP contribution in [-0.2, 0) is 10.0 Å². The highest BCUT2D eigenvalue weighted by Gasteiger charge is 2.20. The SMILES string of the molecule is C#CC(CC)NS(=O)(=O)c1ccc(C)cc1N. The Balaban J connectivity index is 3.10. The van der Waals surface area contributed by atoms with Crippen molar-refractivity contribution >= 4 is 15.7 Å². The molecule has 1 atom stereocenters. The van der Waals surface area contributed by atoms with Crippen LogP contribution in [0.4, 0.5) is 5.69 Å². The molecule has 0 aliphatic rings. The number of nitrogens with one attached hydrogen (secondary N) is 1. The van der Waals surface area contributed by atoms with Crippen LogP contribution in [0.3, 0.4) is 0 Å². The Labute approximate surface area is 102 Å². The van der Waals surface area contributed by atoms with Crippen molar-refractivity contribution < 1.29 is 8.42 Å². The minimum Gasteiger partial charge on any atom is -0.398 e. The average Bonchev–Trinajstić information content (AvgIpc) is 2.25. The average molecular weight is 252 g/mol. The van der Waals surface area contributed by atoms with Gasteiger partial charge in [0.15, 0.2) is 0 Å². The number of aryl methyl sites for hydroxylation is 1. The molecule has 3 N–H and O–H groups in total. The van der Waals surface area contributed by atoms with Gasteiger partial charge in [-0.15, -0.1) is 6.42 Å². The fourth-order valence-electron chi connectivity index (χ4n) is 1.40. The van der Waals surface area contributed by atoms with E-state index in [9.17, 15) is 8.42 Å². The van der Waals surface area contributed by atoms with Gasteiger partial charge >= 0.3 is 0 Å². The maximum absolute atomic E-state index is 12.0. The number of hydrogen-bond acceptors (Lipinski definition) is 3. The predicted molar refractivity (Wildman–Crippen MR) is 68.8 cm³/mol. The second-order valence-electron chi connectivity index (χ2n) is 3.79. The Bertz CT molecular complexity index is 544. The fraction of sp³-hybridized carbons (Fsp3) is 0.333. The number of sulfonamides is 1. The summed E-state index contributed by atoms with van der Waals surface area (Å²) < 4.78 is 26.4. The van der Waals surface area contributed by atoms with Crippen molar-refractivity contribution in [3.8, 4) is 12.3 Å². The summed E-state index contributed by atoms with van der Waals surface area (Å²) in [7, 11) is -3.65. The van der Waals surface area contributed by atoms with Crippen LogP contribution < -0.4 is 10.5 Å². The molecule has 0 heterocycles. The van der Waals surface area contributed by atoms with E-state index >= 15 is 0 Å². The summed E-state index contributed by atoms with van der Waals surface area (Å²) in [6, 6.07) is 4.28. The first-order valence-corrected chi connectivity index (χ1v) is 6.73. The Hall–Kier alpha value is -1.51. The van der Waals surface area contributed by atoms with Crippen LogP contribution in [0, 0.1) is 19.3 Å². The summed E-state index contributed by atoms with van der Waals surface area (Å²) >= 11 is 0. The van der Waals surface area contributed by atoms with E-state index < -0.39 is 16.1 Å². The highest BCUT2D eigenvalue weighted by molar-refractivity contribution is 7.89. The predicted octanol–water partition coefficient (Wildman–Crippen LogP) is 1.27. The molecule has 0 bridgehead atoms. The number of benzene rings is 1. The Morgan fingerprint density at radius 2 is 2.18 bits per heavy atom. The third kappa shape index (κ3) is 3.22. The third-order valence-corrected chi connectivity index (χ3v) is 3.91. The second-order valence-corrected chi connectivity index (χ2v) is 5.47. The largest absolute Gasteiger partial charge is 0.398 e. The minimum atomic E-state index is -3.65. The minimum absolute atomic E-state index is 0.0665. The molecule has 1 aromatic carbocycles. The highest BCUT2D eigenvalue weighted by atomic mass is 32.2. The molecule has 1 unspecified atom stereocenters. The van der Waals surface area contributed by atoms with E-state index in [0.29, 0.717) is 6.42 Å². The van der Waals surface area contributed by atoms with Gasteiger partial charge in [0.05, 0.1) is 11.7 Å². The fourth-order valence-corrected chi connectivity index (χ4v) is 2.75. The maximum atomic E-state index is 12.0. The first-order valence-electron chi connectivity index (χ1n) is 5.25. The van der Waals surface area contributed by atoms with Crippen molar-refractivity contribution in [3.63, 3.8) is 0 Å². The first-order chi connectivity index (χ1) is 7.90. The van der Waals surface area contributed by atoms with E-state index in [0.717, 1.165) is 5.56 Å². The number of hydrogen-bond donors (Lipinski definition) is 2. The van der Waals surface area contributed by atoms with Crippen molar-refractivity contribution in [3.05, 3.63) is 23.8 Å². The van der Waals surface area contributed by atoms with Crippen LogP contribution in [0.5, 0.6) is 0 Å². The molecule has 0 aliphatic heterocycles. The van der Waals surface area contributed by atoms with Gasteiger partial charge in [-0.25, -0.2) is 8.42 Å². The molecule has 0 saturated carbocycles. The quantitative estimate of drug-likeness (QED) is 0.626. The molecule has 5 heteroatoms. The molecular weight excluding hydrogens is 236 g/mol. The molecule has 4 nitrogen and oxygen atoms in total. The van der Waals surface area contributed by atoms with Crippen molar-refractivity contribution in [2.45, 2.75) is 31.2 Å². The maximum Gasteiger partial charge on any atom is 0.243 e. The molecule has 0 saturated heterocycles. The number of terminal acetylenes is 1. The molecule has 1 rings (SSSR count). The number of nitrogens with two attached hydrogens (primary N) is 1. The van der Waals surface area contributed by atoms with Crippen molar-refractivity contribution in [1.82, 2.24) is 4.72 Å². The summed E-state index contributed by atoms with van der Waals surface area (Å²) in [5.74, 6) is 2.38. The molecule has 0 aromatic heterocycles. The number of nitrogen functional groups attached to an aromatic ring is 1. The molecule has 1 aromatic rings. The molecule has 92 valence electrons. The Kier molecular flexibility index (Phi) is 4.16. The summed E-state index contributed by atoms with van der Waals surface area (Å²) in [5, 5.41) is 0. The topological polar surface area (TPSA) is 72.2 Å². The molecule has 0 radical (unpaired) electrons. The van der Waals surface area contributed by atoms with E-state index in [4.69, 9.17) is 12.2 Å². The monoisotopic (exact) mass is 252 g/mol. The van der Waals surface area contributed by atoms with Crippen LogP contribution in [0.1, 0.15) is 18.9 Å². The molecular formula is C12H16N2O2S. The van der Waals surface area contributed by atoms with E-state index in [1.807, 2.05) is 13.8 Å². The summed E-state index contributed by atoms with van der Waals surface area (Å²) in [4.78, 5) is 0.0665. The highest BCUT2D eigenvalue weighted by Crippen LogP contribution is 2.19. The van der Waals surface area contributed by atoms with Crippen molar-refractivity contribution in [2.24, 2.45) is 0 Å². The lowest BCUT2D eigenvalue weighted by Crippen LogP contribution is -2.33. The first kappa shape index (κ1) is 13.6. The lowest BCUT2D eigenvalue weighted by molar-refractivity contribution is 0.571. The van der Waals surface area contributed by atoms with E-state index in [1.54, 1.807) is 12.1 Å². The van der Waals surface area contributed by atoms with Gasteiger partial charge in [-0.1, -0.05) is 18.9 Å². The van der Waals surface area contributed by atoms with Gasteiger partial charge in [0.1, 0.15) is 4.90 Å². The van der Waals surface area contributed by atoms with Gasteiger partial charge < -0.3 is 5.73 Å². The smallest absolute Gasteiger partial charge is 0.243 e. The van der Waals surface area contributed by atoms with Gasteiger partial charge in [-0.2, -0.15) is 4.72 Å². The van der Waals surface area contributed by atoms with Crippen molar-refractivity contribution in [2.75, 3.05) is 5.73 Å². The van der Waals surface area contributed by atoms with Crippen molar-refractivity contribution in [1.29, 1.82) is 0 Å². The Morgan fingerprint density at radius 1 is 1.53 bits per heavy atom. The Morgan fingerprint density at radius 3 is 2.65 bits per heavy atom. The van der Waals surface area contributed by atoms with Crippen LogP contribution in [0.2, 0.25) is 0 Å². The lowest BCUT2D eigenvalue weighted by atomic mass is 10.2. The normalized spacial score (nSPS) is 13.0. The summed E-state index contributed by atoms with van der Waals surface area (Å²) in [5.41, 5.74) is 6.83. The summed E-state index contributed by atoms with van der Waals surface area (Å²) in [6.45, 7) is 3.65. The third-order valence-electron chi connectivity index (χ3n) is 2.36. The van der Waals surface area contributed by atoms with Crippen LogP contribution in [0.15, 0.2) is 23.1 Å². The zero-order valence-corrected chi connectivity index (χ0v) is 10.7. The molecule has 0 fully saturated rings. The second kappa shape index (κ2) is 5.21. The van der Waals surface area contributed by atoms with Crippen LogP contribution in [0.25, 0.3) is 0 Å². The molecule has 17 heavy (non-hydrogen) atoms. The zero-order chi connectivity index (χ0) is 13.1. The lowest BCUT2D eigenvalue weighted by Gasteiger charge is -2.13. The van der Waals surface area contributed by atoms with Gasteiger partial charge in [0, 0.05) is 0 Å². The molecule has 0 amide bonds. The number of rotatable bonds is 4. The molecule has 0 aliphatic carbocycles. The zero-order valence-electron chi connectivity index (χ0n) is 9.90. The van der Waals surface area contributed by atoms with Gasteiger partial charge in [0.25, 0.3) is 0 Å².